The van der Waals surface area contributed by atoms with Crippen LogP contribution in [-0.4, -0.2) is 57.9 Å². The molecule has 1 heterocycles. The van der Waals surface area contributed by atoms with Gasteiger partial charge in [-0.15, -0.1) is 0 Å². The summed E-state index contributed by atoms with van der Waals surface area (Å²) in [7, 11) is 0. The molecule has 0 aromatic carbocycles. The first-order chi connectivity index (χ1) is 12.0. The molecule has 0 aliphatic carbocycles. The van der Waals surface area contributed by atoms with E-state index in [9.17, 15) is 24.3 Å². The van der Waals surface area contributed by atoms with Crippen molar-refractivity contribution >= 4 is 23.9 Å². The summed E-state index contributed by atoms with van der Waals surface area (Å²) in [6.07, 6.45) is 3.88. The Kier molecular flexibility index (Phi) is 38.2. The van der Waals surface area contributed by atoms with Crippen molar-refractivity contribution in [3.05, 3.63) is 24.3 Å². The van der Waals surface area contributed by atoms with E-state index in [1.54, 1.807) is 20.8 Å². The third-order valence-electron chi connectivity index (χ3n) is 2.49. The Hall–Kier alpha value is -0.560. The van der Waals surface area contributed by atoms with Crippen LogP contribution in [0.1, 0.15) is 48.0 Å². The molecule has 164 valence electrons. The van der Waals surface area contributed by atoms with Crippen LogP contribution in [0.4, 0.5) is 0 Å². The molecule has 0 fully saturated rings. The van der Waals surface area contributed by atoms with E-state index in [4.69, 9.17) is 14.9 Å². The first kappa shape index (κ1) is 43.3. The van der Waals surface area contributed by atoms with Crippen molar-refractivity contribution in [2.24, 2.45) is 0 Å². The Labute approximate surface area is 221 Å². The van der Waals surface area contributed by atoms with Gasteiger partial charge in [-0.2, -0.15) is 0 Å². The van der Waals surface area contributed by atoms with Gasteiger partial charge < -0.3 is 35.1 Å². The fraction of sp³-hybridized carbons (Fsp3) is 0.556. The molecule has 0 amide bonds. The fourth-order valence-electron chi connectivity index (χ4n) is 1.25. The van der Waals surface area contributed by atoms with Gasteiger partial charge in [0.2, 0.25) is 0 Å². The molecule has 0 radical (unpaired) electrons. The molecule has 0 saturated heterocycles. The molecular formula is C18H30Na2O10. The van der Waals surface area contributed by atoms with Gasteiger partial charge in [0.25, 0.3) is 0 Å². The van der Waals surface area contributed by atoms with E-state index in [0.717, 1.165) is 18.2 Å². The Bertz CT molecular complexity index is 509. The molecular weight excluding hydrogens is 422 g/mol. The second kappa shape index (κ2) is 26.5. The molecule has 3 unspecified atom stereocenters. The SMILES string of the molecule is C.CC(O)CC(C)O.CCC(C)OC(=O)/C=C/C(=O)[O-].O=C1C=CC(=O)O1.[Na+].[Na+].[OH-]. The molecule has 12 heteroatoms. The monoisotopic (exact) mass is 452 g/mol. The number of rotatable bonds is 6. The van der Waals surface area contributed by atoms with E-state index in [0.29, 0.717) is 18.9 Å². The van der Waals surface area contributed by atoms with Crippen molar-refractivity contribution in [2.45, 2.75) is 66.3 Å². The maximum Gasteiger partial charge on any atom is 1.00 e. The summed E-state index contributed by atoms with van der Waals surface area (Å²) in [6, 6.07) is 0. The minimum Gasteiger partial charge on any atom is -0.870 e. The Morgan fingerprint density at radius 3 is 1.67 bits per heavy atom. The number of aliphatic carboxylic acids is 1. The predicted molar refractivity (Wildman–Crippen MR) is 96.9 cm³/mol. The van der Waals surface area contributed by atoms with Crippen molar-refractivity contribution in [2.75, 3.05) is 0 Å². The van der Waals surface area contributed by atoms with Crippen LogP contribution in [-0.2, 0) is 28.7 Å². The molecule has 3 N–H and O–H groups in total. The van der Waals surface area contributed by atoms with E-state index in [2.05, 4.69) is 4.74 Å². The van der Waals surface area contributed by atoms with Gasteiger partial charge in [0.15, 0.2) is 0 Å². The Morgan fingerprint density at radius 1 is 1.07 bits per heavy atom. The summed E-state index contributed by atoms with van der Waals surface area (Å²) in [5.41, 5.74) is 0. The van der Waals surface area contributed by atoms with E-state index >= 15 is 0 Å². The number of carbonyl (C=O) groups is 4. The number of cyclic esters (lactones) is 2. The average Bonchev–Trinajstić information content (AvgIpc) is 2.88. The number of hydrogen-bond donors (Lipinski definition) is 2. The largest absolute Gasteiger partial charge is 1.00 e. The van der Waals surface area contributed by atoms with E-state index < -0.39 is 23.9 Å². The number of carbonyl (C=O) groups excluding carboxylic acids is 4. The number of aliphatic hydroxyl groups is 2. The zero-order valence-electron chi connectivity index (χ0n) is 17.7. The number of carboxylic acids is 1. The molecule has 0 saturated carbocycles. The first-order valence-corrected chi connectivity index (χ1v) is 7.87. The smallest absolute Gasteiger partial charge is 0.870 e. The second-order valence-corrected chi connectivity index (χ2v) is 5.32. The number of ether oxygens (including phenoxy) is 2. The molecule has 1 aliphatic rings. The molecule has 0 aromatic heterocycles. The van der Waals surface area contributed by atoms with Crippen LogP contribution < -0.4 is 64.2 Å². The zero-order valence-corrected chi connectivity index (χ0v) is 21.7. The van der Waals surface area contributed by atoms with E-state index in [-0.39, 0.29) is 90.3 Å². The number of hydrogen-bond acceptors (Lipinski definition) is 10. The topological polar surface area (TPSA) is 180 Å². The van der Waals surface area contributed by atoms with Crippen molar-refractivity contribution in [1.82, 2.24) is 0 Å². The minimum atomic E-state index is -1.41. The van der Waals surface area contributed by atoms with Gasteiger partial charge in [-0.1, -0.05) is 14.4 Å². The van der Waals surface area contributed by atoms with Gasteiger partial charge in [0, 0.05) is 18.2 Å². The summed E-state index contributed by atoms with van der Waals surface area (Å²) < 4.78 is 8.71. The number of esters is 3. The summed E-state index contributed by atoms with van der Waals surface area (Å²) in [5, 5.41) is 27.0. The summed E-state index contributed by atoms with van der Waals surface area (Å²) in [6.45, 7) is 6.91. The molecule has 0 bridgehead atoms. The second-order valence-electron chi connectivity index (χ2n) is 5.32. The third-order valence-corrected chi connectivity index (χ3v) is 2.49. The van der Waals surface area contributed by atoms with Crippen LogP contribution in [0.5, 0.6) is 0 Å². The maximum absolute atomic E-state index is 10.7. The molecule has 30 heavy (non-hydrogen) atoms. The van der Waals surface area contributed by atoms with Crippen LogP contribution in [0.2, 0.25) is 0 Å². The first-order valence-electron chi connectivity index (χ1n) is 7.87. The molecule has 0 spiro atoms. The van der Waals surface area contributed by atoms with Crippen LogP contribution in [0, 0.1) is 0 Å². The van der Waals surface area contributed by atoms with Crippen LogP contribution in [0.15, 0.2) is 24.3 Å². The molecule has 10 nitrogen and oxygen atoms in total. The van der Waals surface area contributed by atoms with Gasteiger partial charge in [-0.05, 0) is 39.7 Å². The minimum absolute atomic E-state index is 0. The summed E-state index contributed by atoms with van der Waals surface area (Å²) in [4.78, 5) is 40.4. The van der Waals surface area contributed by atoms with Crippen LogP contribution >= 0.6 is 0 Å². The van der Waals surface area contributed by atoms with Crippen molar-refractivity contribution < 1.29 is 109 Å². The Morgan fingerprint density at radius 2 is 1.47 bits per heavy atom. The van der Waals surface area contributed by atoms with Gasteiger partial charge in [-0.25, -0.2) is 14.4 Å². The van der Waals surface area contributed by atoms with Gasteiger partial charge in [0.05, 0.1) is 24.3 Å². The van der Waals surface area contributed by atoms with Crippen LogP contribution in [0.3, 0.4) is 0 Å². The van der Waals surface area contributed by atoms with Crippen molar-refractivity contribution in [3.8, 4) is 0 Å². The number of carboxylic acid groups (broad SMARTS) is 1. The Balaban J connectivity index is -0.0000000706. The van der Waals surface area contributed by atoms with Gasteiger partial charge in [-0.3, -0.25) is 0 Å². The fourth-order valence-corrected chi connectivity index (χ4v) is 1.25. The summed E-state index contributed by atoms with van der Waals surface area (Å²) in [5.74, 6) is -3.22. The van der Waals surface area contributed by atoms with Crippen LogP contribution in [0.25, 0.3) is 0 Å². The maximum atomic E-state index is 10.7. The molecule has 0 aromatic rings. The van der Waals surface area contributed by atoms with E-state index in [1.165, 1.54) is 0 Å². The summed E-state index contributed by atoms with van der Waals surface area (Å²) >= 11 is 0. The number of aliphatic hydroxyl groups excluding tert-OH is 2. The molecule has 3 atom stereocenters. The predicted octanol–water partition coefficient (Wildman–Crippen LogP) is -6.13. The quantitative estimate of drug-likeness (QED) is 0.170. The molecule has 1 rings (SSSR count). The van der Waals surface area contributed by atoms with Crippen molar-refractivity contribution in [1.29, 1.82) is 0 Å². The van der Waals surface area contributed by atoms with E-state index in [1.807, 2.05) is 6.92 Å². The van der Waals surface area contributed by atoms with Crippen molar-refractivity contribution in [3.63, 3.8) is 0 Å². The van der Waals surface area contributed by atoms with Gasteiger partial charge in [0.1, 0.15) is 0 Å². The third kappa shape index (κ3) is 34.9. The molecule has 1 aliphatic heterocycles. The van der Waals surface area contributed by atoms with Gasteiger partial charge >= 0.3 is 77.0 Å². The normalized spacial score (nSPS) is 13.7. The standard InChI is InChI=1S/C8H12O4.C5H12O2.C4H2O3.CH4.2Na.H2O/c1-3-6(2)12-8(11)5-4-7(9)10;1-4(6)3-5(2)7;5-3-1-2-4(6)7-3;;;;/h4-6H,3H2,1-2H3,(H,9,10);4-7H,3H2,1-2H3;1-2H;1H4;;;1H2/q;;;;2*+1;/p-2/b5-4+;;;;;;. The zero-order chi connectivity index (χ0) is 20.7. The average molecular weight is 452 g/mol.